The molecule has 0 bridgehead atoms. The third-order valence-corrected chi connectivity index (χ3v) is 5.53. The van der Waals surface area contributed by atoms with E-state index in [1.807, 2.05) is 0 Å². The lowest BCUT2D eigenvalue weighted by atomic mass is 9.76. The highest BCUT2D eigenvalue weighted by molar-refractivity contribution is 5.76. The van der Waals surface area contributed by atoms with Gasteiger partial charge in [-0.1, -0.05) is 27.2 Å². The van der Waals surface area contributed by atoms with Gasteiger partial charge < -0.3 is 10.6 Å². The second kappa shape index (κ2) is 6.46. The van der Waals surface area contributed by atoms with Gasteiger partial charge in [0, 0.05) is 19.5 Å². The molecular formula is C17H32N2O. The Balaban J connectivity index is 1.79. The van der Waals surface area contributed by atoms with Gasteiger partial charge in [0.05, 0.1) is 0 Å². The highest BCUT2D eigenvalue weighted by atomic mass is 16.2. The molecule has 2 rings (SSSR count). The largest absolute Gasteiger partial charge is 0.342 e. The zero-order valence-corrected chi connectivity index (χ0v) is 13.5. The van der Waals surface area contributed by atoms with Crippen LogP contribution in [0.5, 0.6) is 0 Å². The number of hydrogen-bond acceptors (Lipinski definition) is 2. The highest BCUT2D eigenvalue weighted by Gasteiger charge is 2.38. The zero-order valence-electron chi connectivity index (χ0n) is 13.5. The van der Waals surface area contributed by atoms with Crippen LogP contribution in [0.25, 0.3) is 0 Å². The number of rotatable bonds is 5. The molecule has 0 radical (unpaired) electrons. The molecule has 1 aliphatic carbocycles. The van der Waals surface area contributed by atoms with Crippen molar-refractivity contribution >= 4 is 5.91 Å². The quantitative estimate of drug-likeness (QED) is 0.841. The minimum Gasteiger partial charge on any atom is -0.342 e. The topological polar surface area (TPSA) is 46.3 Å². The number of carbonyl (C=O) groups excluding carboxylic acids is 1. The molecular weight excluding hydrogens is 248 g/mol. The lowest BCUT2D eigenvalue weighted by Gasteiger charge is -2.31. The van der Waals surface area contributed by atoms with E-state index in [0.29, 0.717) is 18.2 Å². The number of nitrogens with zero attached hydrogens (tertiary/aromatic N) is 1. The van der Waals surface area contributed by atoms with Gasteiger partial charge in [0.2, 0.25) is 5.91 Å². The minimum absolute atomic E-state index is 0.251. The van der Waals surface area contributed by atoms with E-state index in [4.69, 9.17) is 5.73 Å². The Labute approximate surface area is 124 Å². The van der Waals surface area contributed by atoms with E-state index in [1.54, 1.807) is 0 Å². The fourth-order valence-corrected chi connectivity index (χ4v) is 4.11. The molecule has 0 aromatic carbocycles. The summed E-state index contributed by atoms with van der Waals surface area (Å²) < 4.78 is 0. The van der Waals surface area contributed by atoms with Crippen LogP contribution in [0.15, 0.2) is 0 Å². The Morgan fingerprint density at radius 3 is 2.30 bits per heavy atom. The number of amides is 1. The van der Waals surface area contributed by atoms with Gasteiger partial charge >= 0.3 is 0 Å². The van der Waals surface area contributed by atoms with Crippen molar-refractivity contribution in [1.82, 2.24) is 4.90 Å². The molecule has 3 heteroatoms. The van der Waals surface area contributed by atoms with E-state index in [9.17, 15) is 4.79 Å². The molecule has 0 spiro atoms. The van der Waals surface area contributed by atoms with E-state index < -0.39 is 0 Å². The van der Waals surface area contributed by atoms with Crippen molar-refractivity contribution in [2.24, 2.45) is 28.9 Å². The summed E-state index contributed by atoms with van der Waals surface area (Å²) in [6.07, 6.45) is 6.78. The summed E-state index contributed by atoms with van der Waals surface area (Å²) in [6, 6.07) is 0. The lowest BCUT2D eigenvalue weighted by Crippen LogP contribution is -2.31. The van der Waals surface area contributed by atoms with Crippen LogP contribution in [-0.2, 0) is 4.79 Å². The Bertz CT molecular complexity index is 322. The second-order valence-electron chi connectivity index (χ2n) is 7.93. The van der Waals surface area contributed by atoms with Gasteiger partial charge in [-0.3, -0.25) is 4.79 Å². The predicted molar refractivity (Wildman–Crippen MR) is 83.3 cm³/mol. The van der Waals surface area contributed by atoms with Crippen molar-refractivity contribution in [3.8, 4) is 0 Å². The first-order valence-electron chi connectivity index (χ1n) is 8.39. The fourth-order valence-electron chi connectivity index (χ4n) is 4.11. The summed E-state index contributed by atoms with van der Waals surface area (Å²) in [4.78, 5) is 14.5. The van der Waals surface area contributed by atoms with Crippen LogP contribution in [-0.4, -0.2) is 30.4 Å². The molecule has 0 aromatic rings. The van der Waals surface area contributed by atoms with E-state index in [0.717, 1.165) is 44.3 Å². The lowest BCUT2D eigenvalue weighted by molar-refractivity contribution is -0.131. The molecule has 20 heavy (non-hydrogen) atoms. The highest BCUT2D eigenvalue weighted by Crippen LogP contribution is 2.38. The molecule has 1 saturated heterocycles. The van der Waals surface area contributed by atoms with Gasteiger partial charge in [-0.2, -0.15) is 0 Å². The van der Waals surface area contributed by atoms with Crippen molar-refractivity contribution in [3.05, 3.63) is 0 Å². The SMILES string of the molecule is CC(C)(C)C(CCN)CCC(=O)N1CC2CCCC2C1. The van der Waals surface area contributed by atoms with Gasteiger partial charge in [0.25, 0.3) is 0 Å². The summed E-state index contributed by atoms with van der Waals surface area (Å²) in [5.41, 5.74) is 5.97. The molecule has 1 amide bonds. The molecule has 0 aromatic heterocycles. The van der Waals surface area contributed by atoms with Gasteiger partial charge in [-0.05, 0) is 55.4 Å². The normalized spacial score (nSPS) is 27.7. The number of likely N-dealkylation sites (tertiary alicyclic amines) is 1. The molecule has 2 aliphatic rings. The van der Waals surface area contributed by atoms with Gasteiger partial charge in [-0.25, -0.2) is 0 Å². The minimum atomic E-state index is 0.251. The molecule has 2 N–H and O–H groups in total. The zero-order chi connectivity index (χ0) is 14.8. The van der Waals surface area contributed by atoms with Crippen LogP contribution in [0.1, 0.15) is 59.3 Å². The molecule has 3 atom stereocenters. The van der Waals surface area contributed by atoms with Crippen LogP contribution in [0, 0.1) is 23.2 Å². The first kappa shape index (κ1) is 15.8. The van der Waals surface area contributed by atoms with Gasteiger partial charge in [0.1, 0.15) is 0 Å². The maximum absolute atomic E-state index is 12.4. The van der Waals surface area contributed by atoms with Gasteiger partial charge in [0.15, 0.2) is 0 Å². The summed E-state index contributed by atoms with van der Waals surface area (Å²) in [7, 11) is 0. The molecule has 116 valence electrons. The van der Waals surface area contributed by atoms with Crippen LogP contribution in [0.2, 0.25) is 0 Å². The molecule has 3 nitrogen and oxygen atoms in total. The molecule has 1 aliphatic heterocycles. The van der Waals surface area contributed by atoms with Crippen LogP contribution in [0.3, 0.4) is 0 Å². The Hall–Kier alpha value is -0.570. The predicted octanol–water partition coefficient (Wildman–Crippen LogP) is 3.04. The smallest absolute Gasteiger partial charge is 0.222 e. The van der Waals surface area contributed by atoms with Crippen LogP contribution >= 0.6 is 0 Å². The third-order valence-electron chi connectivity index (χ3n) is 5.53. The first-order valence-corrected chi connectivity index (χ1v) is 8.39. The van der Waals surface area contributed by atoms with Crippen molar-refractivity contribution in [2.75, 3.05) is 19.6 Å². The molecule has 1 heterocycles. The van der Waals surface area contributed by atoms with Crippen LogP contribution < -0.4 is 5.73 Å². The first-order chi connectivity index (χ1) is 9.41. The third kappa shape index (κ3) is 3.75. The summed E-state index contributed by atoms with van der Waals surface area (Å²) in [5, 5.41) is 0. The number of nitrogens with two attached hydrogens (primary N) is 1. The summed E-state index contributed by atoms with van der Waals surface area (Å²) >= 11 is 0. The van der Waals surface area contributed by atoms with Gasteiger partial charge in [-0.15, -0.1) is 0 Å². The van der Waals surface area contributed by atoms with E-state index in [2.05, 4.69) is 25.7 Å². The van der Waals surface area contributed by atoms with Crippen molar-refractivity contribution in [3.63, 3.8) is 0 Å². The second-order valence-corrected chi connectivity index (χ2v) is 7.93. The number of hydrogen-bond donors (Lipinski definition) is 1. The average molecular weight is 280 g/mol. The van der Waals surface area contributed by atoms with Crippen molar-refractivity contribution in [1.29, 1.82) is 0 Å². The van der Waals surface area contributed by atoms with Crippen molar-refractivity contribution in [2.45, 2.75) is 59.3 Å². The number of carbonyl (C=O) groups is 1. The maximum atomic E-state index is 12.4. The summed E-state index contributed by atoms with van der Waals surface area (Å²) in [5.74, 6) is 2.55. The molecule has 1 saturated carbocycles. The van der Waals surface area contributed by atoms with E-state index >= 15 is 0 Å². The standard InChI is InChI=1S/C17H32N2O/c1-17(2,3)15(9-10-18)7-8-16(20)19-11-13-5-4-6-14(13)12-19/h13-15H,4-12,18H2,1-3H3. The van der Waals surface area contributed by atoms with Crippen molar-refractivity contribution < 1.29 is 4.79 Å². The van der Waals surface area contributed by atoms with E-state index in [-0.39, 0.29) is 5.41 Å². The number of fused-ring (bicyclic) bond motifs is 1. The Morgan fingerprint density at radius 2 is 1.80 bits per heavy atom. The maximum Gasteiger partial charge on any atom is 0.222 e. The Kier molecular flexibility index (Phi) is 5.11. The molecule has 3 unspecified atom stereocenters. The summed E-state index contributed by atoms with van der Waals surface area (Å²) in [6.45, 7) is 9.57. The van der Waals surface area contributed by atoms with Crippen LogP contribution in [0.4, 0.5) is 0 Å². The molecule has 2 fully saturated rings. The monoisotopic (exact) mass is 280 g/mol. The Morgan fingerprint density at radius 1 is 1.20 bits per heavy atom. The average Bonchev–Trinajstić information content (AvgIpc) is 2.92. The van der Waals surface area contributed by atoms with E-state index in [1.165, 1.54) is 19.3 Å². The fraction of sp³-hybridized carbons (Fsp3) is 0.941.